The number of carbonyl (C=O) groups is 1. The predicted octanol–water partition coefficient (Wildman–Crippen LogP) is -0.108. The van der Waals surface area contributed by atoms with Crippen LogP contribution in [0.25, 0.3) is 0 Å². The van der Waals surface area contributed by atoms with Crippen LogP contribution in [0.5, 0.6) is 0 Å². The molecule has 1 amide bonds. The van der Waals surface area contributed by atoms with Gasteiger partial charge in [0, 0.05) is 26.7 Å². The molecule has 1 unspecified atom stereocenters. The van der Waals surface area contributed by atoms with Crippen LogP contribution in [-0.4, -0.2) is 63.4 Å². The Kier molecular flexibility index (Phi) is 8.56. The largest absolute Gasteiger partial charge is 0.383 e. The van der Waals surface area contributed by atoms with Crippen LogP contribution in [0.4, 0.5) is 0 Å². The van der Waals surface area contributed by atoms with Crippen molar-refractivity contribution in [3.8, 4) is 0 Å². The van der Waals surface area contributed by atoms with Gasteiger partial charge in [0.05, 0.1) is 25.9 Å². The number of hydrogen-bond acceptors (Lipinski definition) is 4. The molecule has 0 aromatic heterocycles. The lowest BCUT2D eigenvalue weighted by atomic mass is 10.3. The molecule has 6 heteroatoms. The highest BCUT2D eigenvalue weighted by Gasteiger charge is 2.20. The molecule has 1 heterocycles. The minimum absolute atomic E-state index is 0. The minimum atomic E-state index is 0. The fourth-order valence-electron chi connectivity index (χ4n) is 1.53. The van der Waals surface area contributed by atoms with Crippen LogP contribution in [-0.2, 0) is 14.3 Å². The molecule has 1 rings (SSSR count). The van der Waals surface area contributed by atoms with Gasteiger partial charge in [0.15, 0.2) is 0 Å². The summed E-state index contributed by atoms with van der Waals surface area (Å²) in [4.78, 5) is 13.5. The zero-order valence-corrected chi connectivity index (χ0v) is 10.7. The molecular weight excluding hydrogens is 232 g/mol. The van der Waals surface area contributed by atoms with E-state index in [4.69, 9.17) is 9.47 Å². The van der Waals surface area contributed by atoms with E-state index in [0.29, 0.717) is 39.4 Å². The smallest absolute Gasteiger partial charge is 0.236 e. The molecule has 96 valence electrons. The van der Waals surface area contributed by atoms with E-state index in [0.717, 1.165) is 0 Å². The average molecular weight is 253 g/mol. The van der Waals surface area contributed by atoms with Crippen molar-refractivity contribution in [3.05, 3.63) is 0 Å². The van der Waals surface area contributed by atoms with Gasteiger partial charge in [-0.1, -0.05) is 0 Å². The summed E-state index contributed by atoms with van der Waals surface area (Å²) >= 11 is 0. The van der Waals surface area contributed by atoms with Gasteiger partial charge in [-0.25, -0.2) is 0 Å². The molecule has 1 aliphatic heterocycles. The molecule has 0 spiro atoms. The molecule has 1 fully saturated rings. The summed E-state index contributed by atoms with van der Waals surface area (Å²) in [6.07, 6.45) is 0.154. The highest BCUT2D eigenvalue weighted by Crippen LogP contribution is 2.03. The SMILES string of the molecule is COCCNCC(=O)N1CCOC(C)C1.Cl. The lowest BCUT2D eigenvalue weighted by molar-refractivity contribution is -0.137. The van der Waals surface area contributed by atoms with E-state index in [-0.39, 0.29) is 24.4 Å². The highest BCUT2D eigenvalue weighted by molar-refractivity contribution is 5.85. The summed E-state index contributed by atoms with van der Waals surface area (Å²) < 4.78 is 10.2. The van der Waals surface area contributed by atoms with Crippen LogP contribution in [0.15, 0.2) is 0 Å². The monoisotopic (exact) mass is 252 g/mol. The maximum absolute atomic E-state index is 11.7. The maximum Gasteiger partial charge on any atom is 0.236 e. The first-order chi connectivity index (χ1) is 7.24. The quantitative estimate of drug-likeness (QED) is 0.694. The fraction of sp³-hybridized carbons (Fsp3) is 0.900. The Morgan fingerprint density at radius 1 is 1.62 bits per heavy atom. The van der Waals surface area contributed by atoms with E-state index in [9.17, 15) is 4.79 Å². The van der Waals surface area contributed by atoms with Gasteiger partial charge < -0.3 is 19.7 Å². The van der Waals surface area contributed by atoms with Crippen molar-refractivity contribution in [2.45, 2.75) is 13.0 Å². The molecule has 0 aliphatic carbocycles. The van der Waals surface area contributed by atoms with Gasteiger partial charge in [0.2, 0.25) is 5.91 Å². The van der Waals surface area contributed by atoms with Crippen LogP contribution < -0.4 is 5.32 Å². The van der Waals surface area contributed by atoms with Crippen LogP contribution >= 0.6 is 12.4 Å². The molecule has 16 heavy (non-hydrogen) atoms. The average Bonchev–Trinajstić information content (AvgIpc) is 2.24. The lowest BCUT2D eigenvalue weighted by Gasteiger charge is -2.31. The molecular formula is C10H21ClN2O3. The number of rotatable bonds is 5. The van der Waals surface area contributed by atoms with E-state index in [1.54, 1.807) is 7.11 Å². The summed E-state index contributed by atoms with van der Waals surface area (Å²) in [5, 5.41) is 3.04. The number of amides is 1. The number of nitrogens with zero attached hydrogens (tertiary/aromatic N) is 1. The molecule has 1 atom stereocenters. The summed E-state index contributed by atoms with van der Waals surface area (Å²) in [6, 6.07) is 0. The molecule has 0 aromatic rings. The number of nitrogens with one attached hydrogen (secondary N) is 1. The molecule has 1 aliphatic rings. The first-order valence-corrected chi connectivity index (χ1v) is 5.33. The molecule has 1 N–H and O–H groups in total. The van der Waals surface area contributed by atoms with Gasteiger partial charge >= 0.3 is 0 Å². The Labute approximate surface area is 103 Å². The molecule has 0 aromatic carbocycles. The normalized spacial score (nSPS) is 20.4. The number of ether oxygens (including phenoxy) is 2. The van der Waals surface area contributed by atoms with Gasteiger partial charge in [-0.05, 0) is 6.92 Å². The summed E-state index contributed by atoms with van der Waals surface area (Å²) in [5.41, 5.74) is 0. The van der Waals surface area contributed by atoms with Crippen LogP contribution in [0.2, 0.25) is 0 Å². The summed E-state index contributed by atoms with van der Waals surface area (Å²) in [7, 11) is 1.65. The van der Waals surface area contributed by atoms with Crippen molar-refractivity contribution in [3.63, 3.8) is 0 Å². The van der Waals surface area contributed by atoms with Crippen LogP contribution in [0.3, 0.4) is 0 Å². The van der Waals surface area contributed by atoms with Crippen LogP contribution in [0, 0.1) is 0 Å². The van der Waals surface area contributed by atoms with Crippen molar-refractivity contribution in [1.29, 1.82) is 0 Å². The summed E-state index contributed by atoms with van der Waals surface area (Å²) in [6.45, 7) is 5.76. The summed E-state index contributed by atoms with van der Waals surface area (Å²) in [5.74, 6) is 0.140. The molecule has 0 saturated carbocycles. The Hall–Kier alpha value is -0.360. The van der Waals surface area contributed by atoms with Crippen molar-refractivity contribution >= 4 is 18.3 Å². The second-order valence-corrected chi connectivity index (χ2v) is 3.69. The second kappa shape index (κ2) is 8.75. The molecule has 0 radical (unpaired) electrons. The Balaban J connectivity index is 0.00000225. The lowest BCUT2D eigenvalue weighted by Crippen LogP contribution is -2.47. The standard InChI is InChI=1S/C10H20N2O3.ClH/c1-9-8-12(4-6-15-9)10(13)7-11-3-5-14-2;/h9,11H,3-8H2,1-2H3;1H. The predicted molar refractivity (Wildman–Crippen MR) is 64.0 cm³/mol. The third kappa shape index (κ3) is 5.65. The number of carbonyl (C=O) groups excluding carboxylic acids is 1. The maximum atomic E-state index is 11.7. The van der Waals surface area contributed by atoms with Crippen molar-refractivity contribution < 1.29 is 14.3 Å². The molecule has 0 bridgehead atoms. The number of hydrogen-bond donors (Lipinski definition) is 1. The second-order valence-electron chi connectivity index (χ2n) is 3.69. The van der Waals surface area contributed by atoms with Gasteiger partial charge in [-0.2, -0.15) is 0 Å². The van der Waals surface area contributed by atoms with Gasteiger partial charge in [0.1, 0.15) is 0 Å². The van der Waals surface area contributed by atoms with Crippen LogP contribution in [0.1, 0.15) is 6.92 Å². The fourth-order valence-corrected chi connectivity index (χ4v) is 1.53. The van der Waals surface area contributed by atoms with E-state index in [1.165, 1.54) is 0 Å². The Bertz CT molecular complexity index is 205. The third-order valence-corrected chi connectivity index (χ3v) is 2.35. The number of halogens is 1. The van der Waals surface area contributed by atoms with E-state index >= 15 is 0 Å². The highest BCUT2D eigenvalue weighted by atomic mass is 35.5. The number of morpholine rings is 1. The number of methoxy groups -OCH3 is 1. The Morgan fingerprint density at radius 2 is 2.38 bits per heavy atom. The zero-order chi connectivity index (χ0) is 11.1. The van der Waals surface area contributed by atoms with E-state index < -0.39 is 0 Å². The topological polar surface area (TPSA) is 50.8 Å². The third-order valence-electron chi connectivity index (χ3n) is 2.35. The minimum Gasteiger partial charge on any atom is -0.383 e. The van der Waals surface area contributed by atoms with E-state index in [2.05, 4.69) is 5.32 Å². The van der Waals surface area contributed by atoms with Crippen molar-refractivity contribution in [2.24, 2.45) is 0 Å². The Morgan fingerprint density at radius 3 is 3.00 bits per heavy atom. The van der Waals surface area contributed by atoms with Gasteiger partial charge in [-0.15, -0.1) is 12.4 Å². The van der Waals surface area contributed by atoms with E-state index in [1.807, 2.05) is 11.8 Å². The zero-order valence-electron chi connectivity index (χ0n) is 9.90. The molecule has 5 nitrogen and oxygen atoms in total. The van der Waals surface area contributed by atoms with Crippen molar-refractivity contribution in [1.82, 2.24) is 10.2 Å². The van der Waals surface area contributed by atoms with Gasteiger partial charge in [-0.3, -0.25) is 4.79 Å². The first-order valence-electron chi connectivity index (χ1n) is 5.33. The molecule has 1 saturated heterocycles. The van der Waals surface area contributed by atoms with Crippen molar-refractivity contribution in [2.75, 3.05) is 46.5 Å². The first kappa shape index (κ1) is 15.6. The van der Waals surface area contributed by atoms with Gasteiger partial charge in [0.25, 0.3) is 0 Å².